The molecule has 0 aliphatic carbocycles. The Labute approximate surface area is 156 Å². The molecule has 0 saturated carbocycles. The first kappa shape index (κ1) is 18.7. The number of benzene rings is 2. The van der Waals surface area contributed by atoms with Crippen molar-refractivity contribution < 1.29 is 9.47 Å². The highest BCUT2D eigenvalue weighted by Crippen LogP contribution is 2.40. The Kier molecular flexibility index (Phi) is 5.84. The summed E-state index contributed by atoms with van der Waals surface area (Å²) in [6.07, 6.45) is 1.93. The highest BCUT2D eigenvalue weighted by Gasteiger charge is 2.32. The van der Waals surface area contributed by atoms with E-state index in [9.17, 15) is 0 Å². The molecule has 2 aromatic carbocycles. The predicted octanol–water partition coefficient (Wildman–Crippen LogP) is 3.85. The molecule has 0 saturated heterocycles. The van der Waals surface area contributed by atoms with Crippen molar-refractivity contribution in [3.05, 3.63) is 58.7 Å². The first-order chi connectivity index (χ1) is 12.6. The van der Waals surface area contributed by atoms with E-state index in [0.717, 1.165) is 37.4 Å². The largest absolute Gasteiger partial charge is 0.493 e. The van der Waals surface area contributed by atoms with Crippen molar-refractivity contribution in [2.24, 2.45) is 5.73 Å². The molecule has 0 fully saturated rings. The van der Waals surface area contributed by atoms with Gasteiger partial charge in [0.25, 0.3) is 0 Å². The molecule has 0 radical (unpaired) electrons. The highest BCUT2D eigenvalue weighted by atomic mass is 16.5. The number of hydrogen-bond acceptors (Lipinski definition) is 4. The molecule has 2 aromatic rings. The van der Waals surface area contributed by atoms with E-state index in [1.54, 1.807) is 14.2 Å². The monoisotopic (exact) mass is 354 g/mol. The van der Waals surface area contributed by atoms with Crippen molar-refractivity contribution in [2.75, 3.05) is 20.8 Å². The smallest absolute Gasteiger partial charge is 0.161 e. The third-order valence-electron chi connectivity index (χ3n) is 5.37. The predicted molar refractivity (Wildman–Crippen MR) is 106 cm³/mol. The number of fused-ring (bicyclic) bond motifs is 1. The molecule has 1 aliphatic rings. The molecule has 4 nitrogen and oxygen atoms in total. The van der Waals surface area contributed by atoms with Crippen molar-refractivity contribution in [1.29, 1.82) is 0 Å². The van der Waals surface area contributed by atoms with E-state index >= 15 is 0 Å². The lowest BCUT2D eigenvalue weighted by atomic mass is 9.86. The lowest BCUT2D eigenvalue weighted by molar-refractivity contribution is 0.148. The van der Waals surface area contributed by atoms with Gasteiger partial charge in [0.2, 0.25) is 0 Å². The Balaban J connectivity index is 1.98. The highest BCUT2D eigenvalue weighted by molar-refractivity contribution is 5.50. The number of nitrogens with two attached hydrogens (primary N) is 1. The summed E-state index contributed by atoms with van der Waals surface area (Å²) in [4.78, 5) is 2.51. The van der Waals surface area contributed by atoms with Gasteiger partial charge in [0.1, 0.15) is 0 Å². The van der Waals surface area contributed by atoms with E-state index in [4.69, 9.17) is 15.2 Å². The fraction of sp³-hybridized carbons (Fsp3) is 0.455. The molecular weight excluding hydrogens is 324 g/mol. The molecule has 4 heteroatoms. The lowest BCUT2D eigenvalue weighted by Crippen LogP contribution is -2.44. The van der Waals surface area contributed by atoms with Gasteiger partial charge in [-0.25, -0.2) is 0 Å². The van der Waals surface area contributed by atoms with E-state index in [2.05, 4.69) is 55.1 Å². The molecule has 140 valence electrons. The summed E-state index contributed by atoms with van der Waals surface area (Å²) in [5.74, 6) is 1.57. The van der Waals surface area contributed by atoms with Crippen LogP contribution in [0.15, 0.2) is 36.4 Å². The maximum atomic E-state index is 6.58. The molecule has 0 aromatic heterocycles. The first-order valence-corrected chi connectivity index (χ1v) is 9.37. The van der Waals surface area contributed by atoms with Gasteiger partial charge in [-0.1, -0.05) is 36.8 Å². The summed E-state index contributed by atoms with van der Waals surface area (Å²) in [5, 5.41) is 0. The van der Waals surface area contributed by atoms with Crippen LogP contribution in [0.2, 0.25) is 0 Å². The van der Waals surface area contributed by atoms with Crippen LogP contribution in [0.5, 0.6) is 11.5 Å². The zero-order valence-electron chi connectivity index (χ0n) is 16.3. The Morgan fingerprint density at radius 1 is 1.15 bits per heavy atom. The molecule has 0 unspecified atom stereocenters. The molecule has 26 heavy (non-hydrogen) atoms. The van der Waals surface area contributed by atoms with E-state index in [0.29, 0.717) is 0 Å². The molecule has 0 amide bonds. The normalized spacial score (nSPS) is 18.3. The van der Waals surface area contributed by atoms with Crippen LogP contribution in [0.4, 0.5) is 0 Å². The molecule has 1 aliphatic heterocycles. The molecule has 2 N–H and O–H groups in total. The molecule has 2 atom stereocenters. The summed E-state index contributed by atoms with van der Waals surface area (Å²) in [5.41, 5.74) is 11.8. The maximum absolute atomic E-state index is 6.58. The minimum atomic E-state index is 0.0805. The number of aryl methyl sites for hydroxylation is 1. The van der Waals surface area contributed by atoms with E-state index in [1.807, 2.05) is 0 Å². The summed E-state index contributed by atoms with van der Waals surface area (Å²) in [6.45, 7) is 6.20. The Morgan fingerprint density at radius 3 is 2.54 bits per heavy atom. The van der Waals surface area contributed by atoms with E-state index in [1.165, 1.54) is 22.3 Å². The lowest BCUT2D eigenvalue weighted by Gasteiger charge is -2.40. The van der Waals surface area contributed by atoms with Gasteiger partial charge in [0.05, 0.1) is 20.3 Å². The van der Waals surface area contributed by atoms with Gasteiger partial charge in [-0.2, -0.15) is 0 Å². The van der Waals surface area contributed by atoms with E-state index < -0.39 is 0 Å². The summed E-state index contributed by atoms with van der Waals surface area (Å²) < 4.78 is 11.0. The van der Waals surface area contributed by atoms with Crippen molar-refractivity contribution in [3.63, 3.8) is 0 Å². The van der Waals surface area contributed by atoms with Gasteiger partial charge < -0.3 is 15.2 Å². The zero-order chi connectivity index (χ0) is 18.7. The summed E-state index contributed by atoms with van der Waals surface area (Å²) in [6, 6.07) is 13.2. The summed E-state index contributed by atoms with van der Waals surface area (Å²) >= 11 is 0. The third kappa shape index (κ3) is 3.71. The third-order valence-corrected chi connectivity index (χ3v) is 5.37. The Morgan fingerprint density at radius 2 is 1.88 bits per heavy atom. The van der Waals surface area contributed by atoms with Crippen LogP contribution in [0.3, 0.4) is 0 Å². The topological polar surface area (TPSA) is 47.7 Å². The quantitative estimate of drug-likeness (QED) is 0.856. The van der Waals surface area contributed by atoms with Gasteiger partial charge in [-0.15, -0.1) is 0 Å². The molecular formula is C22H30N2O2. The fourth-order valence-electron chi connectivity index (χ4n) is 3.98. The van der Waals surface area contributed by atoms with Gasteiger partial charge in [0.15, 0.2) is 11.5 Å². The Hall–Kier alpha value is -2.04. The van der Waals surface area contributed by atoms with Crippen LogP contribution in [0.25, 0.3) is 0 Å². The van der Waals surface area contributed by atoms with Crippen molar-refractivity contribution >= 4 is 0 Å². The molecule has 0 bridgehead atoms. The zero-order valence-corrected chi connectivity index (χ0v) is 16.3. The van der Waals surface area contributed by atoms with Crippen LogP contribution in [0.1, 0.15) is 41.6 Å². The van der Waals surface area contributed by atoms with Crippen LogP contribution < -0.4 is 15.2 Å². The number of rotatable bonds is 6. The molecule has 0 spiro atoms. The number of hydrogen-bond donors (Lipinski definition) is 1. The summed E-state index contributed by atoms with van der Waals surface area (Å²) in [7, 11) is 3.37. The van der Waals surface area contributed by atoms with Crippen LogP contribution >= 0.6 is 0 Å². The number of ether oxygens (including phenoxy) is 2. The average Bonchev–Trinajstić information content (AvgIpc) is 2.66. The average molecular weight is 354 g/mol. The number of methoxy groups -OCH3 is 2. The fourth-order valence-corrected chi connectivity index (χ4v) is 3.98. The first-order valence-electron chi connectivity index (χ1n) is 9.37. The van der Waals surface area contributed by atoms with Gasteiger partial charge in [0, 0.05) is 19.1 Å². The molecule has 1 heterocycles. The van der Waals surface area contributed by atoms with Crippen molar-refractivity contribution in [3.8, 4) is 11.5 Å². The molecule has 3 rings (SSSR count). The van der Waals surface area contributed by atoms with Crippen molar-refractivity contribution in [2.45, 2.75) is 45.3 Å². The minimum Gasteiger partial charge on any atom is -0.493 e. The van der Waals surface area contributed by atoms with Crippen LogP contribution in [-0.2, 0) is 13.0 Å². The second-order valence-electron chi connectivity index (χ2n) is 7.13. The second-order valence-corrected chi connectivity index (χ2v) is 7.13. The Bertz CT molecular complexity index is 760. The van der Waals surface area contributed by atoms with Gasteiger partial charge in [-0.05, 0) is 48.6 Å². The van der Waals surface area contributed by atoms with Crippen LogP contribution in [-0.4, -0.2) is 31.7 Å². The maximum Gasteiger partial charge on any atom is 0.161 e. The SMILES string of the molecule is CC[C@@H](N)[C@H]1c2cc(OC)c(OC)cc2CCN1Cc1cccc(C)c1. The van der Waals surface area contributed by atoms with Gasteiger partial charge in [-0.3, -0.25) is 4.90 Å². The number of nitrogens with zero attached hydrogens (tertiary/aromatic N) is 1. The minimum absolute atomic E-state index is 0.0805. The standard InChI is InChI=1S/C22H30N2O2/c1-5-19(23)22-18-13-21(26-4)20(25-3)12-17(18)9-10-24(22)14-16-8-6-7-15(2)11-16/h6-8,11-13,19,22H,5,9-10,14,23H2,1-4H3/t19-,22-/m1/s1. The second kappa shape index (κ2) is 8.11. The van der Waals surface area contributed by atoms with Gasteiger partial charge >= 0.3 is 0 Å². The van der Waals surface area contributed by atoms with Crippen molar-refractivity contribution in [1.82, 2.24) is 4.90 Å². The van der Waals surface area contributed by atoms with Crippen LogP contribution in [0, 0.1) is 6.92 Å². The van der Waals surface area contributed by atoms with E-state index in [-0.39, 0.29) is 12.1 Å².